The number of nitrogens with two attached hydrogens (primary N) is 1. The average Bonchev–Trinajstić information content (AvgIpc) is 3.04. The summed E-state index contributed by atoms with van der Waals surface area (Å²) in [5, 5.41) is 9.38. The maximum absolute atomic E-state index is 11.8. The highest BCUT2D eigenvalue weighted by Gasteiger charge is 2.23. The number of aromatic nitrogens is 2. The molecule has 1 aliphatic rings. The number of carbonyl (C=O) groups excluding carboxylic acids is 2. The second-order valence-electron chi connectivity index (χ2n) is 4.42. The Morgan fingerprint density at radius 2 is 2.28 bits per heavy atom. The summed E-state index contributed by atoms with van der Waals surface area (Å²) in [5.41, 5.74) is 6.27. The molecule has 0 bridgehead atoms. The van der Waals surface area contributed by atoms with Gasteiger partial charge in [-0.25, -0.2) is 0 Å². The van der Waals surface area contributed by atoms with Crippen molar-refractivity contribution in [3.63, 3.8) is 0 Å². The van der Waals surface area contributed by atoms with Crippen molar-refractivity contribution in [1.82, 2.24) is 20.4 Å². The number of amides is 2. The van der Waals surface area contributed by atoms with Gasteiger partial charge in [0.05, 0.1) is 11.9 Å². The lowest BCUT2D eigenvalue weighted by Crippen LogP contribution is -2.32. The van der Waals surface area contributed by atoms with E-state index in [0.29, 0.717) is 24.0 Å². The second-order valence-corrected chi connectivity index (χ2v) is 4.42. The minimum atomic E-state index is -0.313. The summed E-state index contributed by atoms with van der Waals surface area (Å²) in [6.07, 6.45) is 3.82. The van der Waals surface area contributed by atoms with Crippen LogP contribution in [0.5, 0.6) is 0 Å². The van der Waals surface area contributed by atoms with Crippen molar-refractivity contribution in [2.45, 2.75) is 25.3 Å². The van der Waals surface area contributed by atoms with Gasteiger partial charge in [0.15, 0.2) is 0 Å². The number of carbonyl (C=O) groups is 2. The van der Waals surface area contributed by atoms with E-state index in [9.17, 15) is 9.59 Å². The first-order valence-corrected chi connectivity index (χ1v) is 5.93. The van der Waals surface area contributed by atoms with Gasteiger partial charge in [-0.1, -0.05) is 0 Å². The predicted molar refractivity (Wildman–Crippen MR) is 65.7 cm³/mol. The summed E-state index contributed by atoms with van der Waals surface area (Å²) in [6.45, 7) is 0.294. The summed E-state index contributed by atoms with van der Waals surface area (Å²) in [7, 11) is 1.64. The Hall–Kier alpha value is -2.05. The van der Waals surface area contributed by atoms with Crippen LogP contribution < -0.4 is 16.4 Å². The number of nitrogens with zero attached hydrogens (tertiary/aromatic N) is 2. The highest BCUT2D eigenvalue weighted by atomic mass is 16.2. The molecule has 98 valence electrons. The Morgan fingerprint density at radius 3 is 2.83 bits per heavy atom. The third kappa shape index (κ3) is 2.99. The van der Waals surface area contributed by atoms with Crippen LogP contribution in [-0.2, 0) is 11.8 Å². The van der Waals surface area contributed by atoms with Crippen molar-refractivity contribution in [2.75, 3.05) is 12.3 Å². The van der Waals surface area contributed by atoms with Crippen molar-refractivity contribution in [2.24, 2.45) is 7.05 Å². The number of hydrogen-bond acceptors (Lipinski definition) is 4. The number of anilines is 1. The molecule has 1 heterocycles. The average molecular weight is 251 g/mol. The molecule has 1 aromatic rings. The normalized spacial score (nSPS) is 14.3. The first-order valence-electron chi connectivity index (χ1n) is 5.93. The van der Waals surface area contributed by atoms with E-state index in [1.165, 1.54) is 10.9 Å². The molecule has 1 saturated carbocycles. The topological polar surface area (TPSA) is 102 Å². The van der Waals surface area contributed by atoms with Crippen LogP contribution in [0.25, 0.3) is 0 Å². The van der Waals surface area contributed by atoms with Gasteiger partial charge >= 0.3 is 0 Å². The Labute approximate surface area is 105 Å². The lowest BCUT2D eigenvalue weighted by atomic mass is 10.3. The molecule has 18 heavy (non-hydrogen) atoms. The minimum Gasteiger partial charge on any atom is -0.396 e. The van der Waals surface area contributed by atoms with Crippen LogP contribution in [-0.4, -0.2) is 34.2 Å². The first-order chi connectivity index (χ1) is 8.58. The van der Waals surface area contributed by atoms with E-state index in [1.54, 1.807) is 7.05 Å². The Bertz CT molecular complexity index is 444. The van der Waals surface area contributed by atoms with E-state index in [2.05, 4.69) is 15.7 Å². The smallest absolute Gasteiger partial charge is 0.271 e. The largest absolute Gasteiger partial charge is 0.396 e. The quantitative estimate of drug-likeness (QED) is 0.650. The van der Waals surface area contributed by atoms with Crippen LogP contribution in [0.4, 0.5) is 5.69 Å². The Morgan fingerprint density at radius 1 is 1.56 bits per heavy atom. The van der Waals surface area contributed by atoms with Crippen molar-refractivity contribution in [3.05, 3.63) is 11.9 Å². The minimum absolute atomic E-state index is 0.0317. The number of nitrogens with one attached hydrogen (secondary N) is 2. The Kier molecular flexibility index (Phi) is 3.50. The van der Waals surface area contributed by atoms with E-state index in [0.717, 1.165) is 12.8 Å². The standard InChI is InChI=1S/C11H17N5O2/c1-16-10(8(12)6-14-16)11(18)13-5-4-9(17)15-7-2-3-7/h6-7H,2-5,12H2,1H3,(H,13,18)(H,15,17). The fourth-order valence-corrected chi connectivity index (χ4v) is 1.63. The molecular formula is C11H17N5O2. The fourth-order valence-electron chi connectivity index (χ4n) is 1.63. The molecule has 7 heteroatoms. The SMILES string of the molecule is Cn1ncc(N)c1C(=O)NCCC(=O)NC1CC1. The molecule has 0 saturated heterocycles. The van der Waals surface area contributed by atoms with Gasteiger partial charge in [-0.05, 0) is 12.8 Å². The van der Waals surface area contributed by atoms with E-state index < -0.39 is 0 Å². The van der Waals surface area contributed by atoms with E-state index >= 15 is 0 Å². The zero-order valence-electron chi connectivity index (χ0n) is 10.3. The van der Waals surface area contributed by atoms with Gasteiger partial charge in [0.2, 0.25) is 5.91 Å². The molecule has 2 amide bonds. The van der Waals surface area contributed by atoms with Crippen molar-refractivity contribution >= 4 is 17.5 Å². The van der Waals surface area contributed by atoms with Crippen LogP contribution in [0.2, 0.25) is 0 Å². The van der Waals surface area contributed by atoms with Gasteiger partial charge in [0, 0.05) is 26.1 Å². The van der Waals surface area contributed by atoms with Crippen LogP contribution in [0.15, 0.2) is 6.20 Å². The molecule has 4 N–H and O–H groups in total. The van der Waals surface area contributed by atoms with Gasteiger partial charge in [0.1, 0.15) is 5.69 Å². The van der Waals surface area contributed by atoms with E-state index in [4.69, 9.17) is 5.73 Å². The molecule has 0 unspecified atom stereocenters. The van der Waals surface area contributed by atoms with E-state index in [1.807, 2.05) is 0 Å². The van der Waals surface area contributed by atoms with Gasteiger partial charge in [0.25, 0.3) is 5.91 Å². The maximum atomic E-state index is 11.8. The van der Waals surface area contributed by atoms with Crippen LogP contribution in [0.1, 0.15) is 29.8 Å². The number of nitrogen functional groups attached to an aromatic ring is 1. The molecule has 1 fully saturated rings. The molecule has 7 nitrogen and oxygen atoms in total. The van der Waals surface area contributed by atoms with E-state index in [-0.39, 0.29) is 18.2 Å². The molecule has 1 aliphatic carbocycles. The lowest BCUT2D eigenvalue weighted by molar-refractivity contribution is -0.121. The van der Waals surface area contributed by atoms with Crippen LogP contribution in [0.3, 0.4) is 0 Å². The summed E-state index contributed by atoms with van der Waals surface area (Å²) in [5.74, 6) is -0.345. The van der Waals surface area contributed by atoms with Gasteiger partial charge in [-0.3, -0.25) is 14.3 Å². The highest BCUT2D eigenvalue weighted by molar-refractivity contribution is 5.97. The second kappa shape index (κ2) is 5.07. The molecule has 0 aromatic carbocycles. The number of aryl methyl sites for hydroxylation is 1. The van der Waals surface area contributed by atoms with Crippen LogP contribution >= 0.6 is 0 Å². The first kappa shape index (κ1) is 12.4. The Balaban J connectivity index is 1.76. The van der Waals surface area contributed by atoms with Crippen molar-refractivity contribution in [3.8, 4) is 0 Å². The predicted octanol–water partition coefficient (Wildman–Crippen LogP) is -0.599. The van der Waals surface area contributed by atoms with Crippen LogP contribution in [0, 0.1) is 0 Å². The maximum Gasteiger partial charge on any atom is 0.271 e. The summed E-state index contributed by atoms with van der Waals surface area (Å²) < 4.78 is 1.41. The monoisotopic (exact) mass is 251 g/mol. The molecule has 0 radical (unpaired) electrons. The van der Waals surface area contributed by atoms with Crippen molar-refractivity contribution in [1.29, 1.82) is 0 Å². The molecular weight excluding hydrogens is 234 g/mol. The summed E-state index contributed by atoms with van der Waals surface area (Å²) in [4.78, 5) is 23.2. The van der Waals surface area contributed by atoms with Gasteiger partial charge in [-0.2, -0.15) is 5.10 Å². The third-order valence-corrected chi connectivity index (χ3v) is 2.76. The third-order valence-electron chi connectivity index (χ3n) is 2.76. The van der Waals surface area contributed by atoms with Crippen molar-refractivity contribution < 1.29 is 9.59 Å². The molecule has 0 spiro atoms. The summed E-state index contributed by atoms with van der Waals surface area (Å²) in [6, 6.07) is 0.348. The molecule has 1 aromatic heterocycles. The summed E-state index contributed by atoms with van der Waals surface area (Å²) >= 11 is 0. The number of rotatable bonds is 5. The molecule has 0 aliphatic heterocycles. The lowest BCUT2D eigenvalue weighted by Gasteiger charge is -2.06. The zero-order valence-corrected chi connectivity index (χ0v) is 10.3. The fraction of sp³-hybridized carbons (Fsp3) is 0.545. The molecule has 2 rings (SSSR count). The zero-order chi connectivity index (χ0) is 13.1. The van der Waals surface area contributed by atoms with Gasteiger partial charge in [-0.15, -0.1) is 0 Å². The highest BCUT2D eigenvalue weighted by Crippen LogP contribution is 2.18. The molecule has 0 atom stereocenters. The van der Waals surface area contributed by atoms with Gasteiger partial charge < -0.3 is 16.4 Å². The number of hydrogen-bond donors (Lipinski definition) is 3.